The molecule has 0 bridgehead atoms. The smallest absolute Gasteiger partial charge is 0.328 e. The van der Waals surface area contributed by atoms with Gasteiger partial charge in [-0.15, -0.1) is 0 Å². The molecule has 6 heteroatoms. The van der Waals surface area contributed by atoms with Gasteiger partial charge < -0.3 is 15.0 Å². The van der Waals surface area contributed by atoms with Crippen molar-refractivity contribution < 1.29 is 19.1 Å². The van der Waals surface area contributed by atoms with E-state index in [0.29, 0.717) is 19.4 Å². The standard InChI is InChI=1S/C17H22N2O4/c1-12(20)18-17(2)10-9-14(15(21)23-3)19(16(17)22)11-13-7-5-4-6-8-13/h4-8,14H,9-11H2,1-3H3,(H,18,20)/t14-,17-/m1/s1. The van der Waals surface area contributed by atoms with Crippen LogP contribution in [0, 0.1) is 0 Å². The maximum Gasteiger partial charge on any atom is 0.328 e. The number of rotatable bonds is 4. The lowest BCUT2D eigenvalue weighted by atomic mass is 9.85. The molecule has 0 unspecified atom stereocenters. The van der Waals surface area contributed by atoms with Crippen LogP contribution in [-0.2, 0) is 25.7 Å². The fourth-order valence-electron chi connectivity index (χ4n) is 2.99. The average Bonchev–Trinajstić information content (AvgIpc) is 2.52. The highest BCUT2D eigenvalue weighted by atomic mass is 16.5. The molecule has 1 aromatic carbocycles. The first-order valence-electron chi connectivity index (χ1n) is 7.59. The second kappa shape index (κ2) is 6.81. The molecule has 1 aromatic rings. The summed E-state index contributed by atoms with van der Waals surface area (Å²) in [6, 6.07) is 8.81. The topological polar surface area (TPSA) is 75.7 Å². The summed E-state index contributed by atoms with van der Waals surface area (Å²) in [5, 5.41) is 2.72. The first kappa shape index (κ1) is 17.0. The minimum absolute atomic E-state index is 0.266. The Balaban J connectivity index is 2.30. The zero-order chi connectivity index (χ0) is 17.0. The van der Waals surface area contributed by atoms with Crippen LogP contribution in [-0.4, -0.2) is 41.4 Å². The molecule has 1 heterocycles. The Kier molecular flexibility index (Phi) is 5.03. The van der Waals surface area contributed by atoms with E-state index in [2.05, 4.69) is 5.32 Å². The second-order valence-corrected chi connectivity index (χ2v) is 6.01. The largest absolute Gasteiger partial charge is 0.467 e. The Morgan fingerprint density at radius 1 is 1.35 bits per heavy atom. The number of likely N-dealkylation sites (tertiary alicyclic amines) is 1. The van der Waals surface area contributed by atoms with Crippen molar-refractivity contribution in [3.8, 4) is 0 Å². The van der Waals surface area contributed by atoms with Gasteiger partial charge in [-0.1, -0.05) is 30.3 Å². The highest BCUT2D eigenvalue weighted by Gasteiger charge is 2.47. The van der Waals surface area contributed by atoms with Crippen LogP contribution in [0.25, 0.3) is 0 Å². The summed E-state index contributed by atoms with van der Waals surface area (Å²) in [6.45, 7) is 3.38. The molecule has 23 heavy (non-hydrogen) atoms. The monoisotopic (exact) mass is 318 g/mol. The summed E-state index contributed by atoms with van der Waals surface area (Å²) in [5.41, 5.74) is -0.0765. The van der Waals surface area contributed by atoms with Crippen molar-refractivity contribution >= 4 is 17.8 Å². The number of amides is 2. The molecule has 1 aliphatic heterocycles. The second-order valence-electron chi connectivity index (χ2n) is 6.01. The van der Waals surface area contributed by atoms with Crippen molar-refractivity contribution in [2.45, 2.75) is 44.8 Å². The lowest BCUT2D eigenvalue weighted by Crippen LogP contribution is -2.64. The van der Waals surface area contributed by atoms with Crippen molar-refractivity contribution in [3.63, 3.8) is 0 Å². The molecule has 1 fully saturated rings. The summed E-state index contributed by atoms with van der Waals surface area (Å²) >= 11 is 0. The van der Waals surface area contributed by atoms with Gasteiger partial charge in [0, 0.05) is 13.5 Å². The highest BCUT2D eigenvalue weighted by Crippen LogP contribution is 2.29. The van der Waals surface area contributed by atoms with Gasteiger partial charge in [-0.25, -0.2) is 4.79 Å². The zero-order valence-corrected chi connectivity index (χ0v) is 13.7. The molecule has 6 nitrogen and oxygen atoms in total. The quantitative estimate of drug-likeness (QED) is 0.848. The van der Waals surface area contributed by atoms with Crippen LogP contribution < -0.4 is 5.32 Å². The third kappa shape index (κ3) is 3.70. The summed E-state index contributed by atoms with van der Waals surface area (Å²) in [7, 11) is 1.31. The van der Waals surface area contributed by atoms with Gasteiger partial charge in [0.1, 0.15) is 11.6 Å². The Bertz CT molecular complexity index is 602. The summed E-state index contributed by atoms with van der Waals surface area (Å²) < 4.78 is 4.84. The van der Waals surface area contributed by atoms with E-state index in [-0.39, 0.29) is 11.8 Å². The number of ether oxygens (including phenoxy) is 1. The van der Waals surface area contributed by atoms with E-state index < -0.39 is 17.6 Å². The van der Waals surface area contributed by atoms with Gasteiger partial charge in [0.05, 0.1) is 7.11 Å². The van der Waals surface area contributed by atoms with Crippen molar-refractivity contribution in [1.82, 2.24) is 10.2 Å². The average molecular weight is 318 g/mol. The number of nitrogens with zero attached hydrogens (tertiary/aromatic N) is 1. The van der Waals surface area contributed by atoms with E-state index in [1.54, 1.807) is 6.92 Å². The first-order chi connectivity index (χ1) is 10.9. The number of carbonyl (C=O) groups excluding carboxylic acids is 3. The fourth-order valence-corrected chi connectivity index (χ4v) is 2.99. The van der Waals surface area contributed by atoms with Crippen molar-refractivity contribution in [3.05, 3.63) is 35.9 Å². The van der Waals surface area contributed by atoms with Crippen molar-refractivity contribution in [2.75, 3.05) is 7.11 Å². The van der Waals surface area contributed by atoms with E-state index in [9.17, 15) is 14.4 Å². The molecule has 2 rings (SSSR count). The van der Waals surface area contributed by atoms with Gasteiger partial charge in [-0.3, -0.25) is 9.59 Å². The Morgan fingerprint density at radius 3 is 2.57 bits per heavy atom. The molecule has 2 amide bonds. The number of nitrogens with one attached hydrogen (secondary N) is 1. The van der Waals surface area contributed by atoms with Crippen LogP contribution in [0.4, 0.5) is 0 Å². The minimum Gasteiger partial charge on any atom is -0.467 e. The number of carbonyl (C=O) groups is 3. The first-order valence-corrected chi connectivity index (χ1v) is 7.59. The summed E-state index contributed by atoms with van der Waals surface area (Å²) in [6.07, 6.45) is 0.846. The predicted octanol–water partition coefficient (Wildman–Crippen LogP) is 1.25. The Hall–Kier alpha value is -2.37. The van der Waals surface area contributed by atoms with Gasteiger partial charge in [0.2, 0.25) is 11.8 Å². The van der Waals surface area contributed by atoms with Gasteiger partial charge in [0.15, 0.2) is 0 Å². The number of piperidine rings is 1. The summed E-state index contributed by atoms with van der Waals surface area (Å²) in [5.74, 6) is -0.964. The fraction of sp³-hybridized carbons (Fsp3) is 0.471. The molecule has 1 aliphatic rings. The van der Waals surface area contributed by atoms with Crippen LogP contribution in [0.5, 0.6) is 0 Å². The van der Waals surface area contributed by atoms with E-state index >= 15 is 0 Å². The van der Waals surface area contributed by atoms with Crippen molar-refractivity contribution in [2.24, 2.45) is 0 Å². The number of hydrogen-bond acceptors (Lipinski definition) is 4. The molecule has 0 radical (unpaired) electrons. The van der Waals surface area contributed by atoms with Gasteiger partial charge in [0.25, 0.3) is 0 Å². The molecule has 2 atom stereocenters. The lowest BCUT2D eigenvalue weighted by Gasteiger charge is -2.43. The van der Waals surface area contributed by atoms with Crippen LogP contribution in [0.1, 0.15) is 32.3 Å². The van der Waals surface area contributed by atoms with Crippen LogP contribution in [0.2, 0.25) is 0 Å². The maximum atomic E-state index is 12.9. The van der Waals surface area contributed by atoms with Gasteiger partial charge in [-0.05, 0) is 25.3 Å². The molecular weight excluding hydrogens is 296 g/mol. The number of methoxy groups -OCH3 is 1. The molecule has 1 N–H and O–H groups in total. The Labute approximate surface area is 135 Å². The molecule has 0 spiro atoms. The maximum absolute atomic E-state index is 12.9. The number of esters is 1. The summed E-state index contributed by atoms with van der Waals surface area (Å²) in [4.78, 5) is 37.9. The van der Waals surface area contributed by atoms with E-state index in [4.69, 9.17) is 4.74 Å². The van der Waals surface area contributed by atoms with Crippen LogP contribution in [0.3, 0.4) is 0 Å². The Morgan fingerprint density at radius 2 is 2.00 bits per heavy atom. The minimum atomic E-state index is -0.995. The van der Waals surface area contributed by atoms with E-state index in [1.165, 1.54) is 18.9 Å². The van der Waals surface area contributed by atoms with E-state index in [0.717, 1.165) is 5.56 Å². The molecule has 124 valence electrons. The van der Waals surface area contributed by atoms with Gasteiger partial charge >= 0.3 is 5.97 Å². The lowest BCUT2D eigenvalue weighted by molar-refractivity contribution is -0.161. The van der Waals surface area contributed by atoms with Crippen LogP contribution in [0.15, 0.2) is 30.3 Å². The third-order valence-electron chi connectivity index (χ3n) is 4.15. The van der Waals surface area contributed by atoms with Gasteiger partial charge in [-0.2, -0.15) is 0 Å². The SMILES string of the molecule is COC(=O)[C@H]1CC[C@@](C)(NC(C)=O)C(=O)N1Cc1ccccc1. The van der Waals surface area contributed by atoms with E-state index in [1.807, 2.05) is 30.3 Å². The third-order valence-corrected chi connectivity index (χ3v) is 4.15. The number of hydrogen-bond donors (Lipinski definition) is 1. The number of benzene rings is 1. The predicted molar refractivity (Wildman–Crippen MR) is 84.3 cm³/mol. The normalized spacial score (nSPS) is 24.2. The molecule has 1 saturated heterocycles. The molecule has 0 aromatic heterocycles. The molecule has 0 saturated carbocycles. The van der Waals surface area contributed by atoms with Crippen molar-refractivity contribution in [1.29, 1.82) is 0 Å². The molecular formula is C17H22N2O4. The zero-order valence-electron chi connectivity index (χ0n) is 13.7. The molecule has 0 aliphatic carbocycles. The highest BCUT2D eigenvalue weighted by molar-refractivity contribution is 5.94. The van der Waals surface area contributed by atoms with Crippen LogP contribution >= 0.6 is 0 Å².